The summed E-state index contributed by atoms with van der Waals surface area (Å²) in [6.45, 7) is 6.84. The molecule has 1 atom stereocenters. The Morgan fingerprint density at radius 1 is 1.00 bits per heavy atom. The lowest BCUT2D eigenvalue weighted by Crippen LogP contribution is -2.52. The number of carbonyl (C=O) groups is 3. The first-order valence-electron chi connectivity index (χ1n) is 16.0. The third kappa shape index (κ3) is 7.97. The average Bonchev–Trinajstić information content (AvgIpc) is 3.54. The molecule has 246 valence electrons. The third-order valence-electron chi connectivity index (χ3n) is 8.17. The molecule has 1 aliphatic heterocycles. The summed E-state index contributed by atoms with van der Waals surface area (Å²) in [5, 5.41) is 5.86. The highest BCUT2D eigenvalue weighted by Crippen LogP contribution is 2.32. The van der Waals surface area contributed by atoms with Crippen LogP contribution in [0.1, 0.15) is 42.7 Å². The average molecular weight is 639 g/mol. The maximum Gasteiger partial charge on any atom is 0.256 e. The number of hydrogen-bond donors (Lipinski definition) is 2. The van der Waals surface area contributed by atoms with Crippen molar-refractivity contribution < 1.29 is 23.9 Å². The van der Waals surface area contributed by atoms with Gasteiger partial charge in [-0.05, 0) is 61.1 Å². The van der Waals surface area contributed by atoms with E-state index in [0.29, 0.717) is 48.7 Å². The zero-order chi connectivity index (χ0) is 33.3. The smallest absolute Gasteiger partial charge is 0.256 e. The zero-order valence-corrected chi connectivity index (χ0v) is 27.4. The van der Waals surface area contributed by atoms with Gasteiger partial charge in [-0.2, -0.15) is 0 Å². The molecule has 0 unspecified atom stereocenters. The largest absolute Gasteiger partial charge is 0.493 e. The molecule has 11 heteroatoms. The molecule has 0 saturated heterocycles. The Kier molecular flexibility index (Phi) is 10.9. The van der Waals surface area contributed by atoms with Gasteiger partial charge in [0.15, 0.2) is 11.5 Å². The number of fused-ring (bicyclic) bond motifs is 4. The summed E-state index contributed by atoms with van der Waals surface area (Å²) in [7, 11) is 1.59. The van der Waals surface area contributed by atoms with Crippen LogP contribution in [0.3, 0.4) is 0 Å². The molecule has 3 amide bonds. The van der Waals surface area contributed by atoms with Crippen LogP contribution in [0.4, 0.5) is 0 Å². The van der Waals surface area contributed by atoms with Crippen LogP contribution in [0.2, 0.25) is 0 Å². The molecule has 11 nitrogen and oxygen atoms in total. The highest BCUT2D eigenvalue weighted by atomic mass is 16.5. The van der Waals surface area contributed by atoms with E-state index >= 15 is 0 Å². The van der Waals surface area contributed by atoms with Crippen molar-refractivity contribution in [3.05, 3.63) is 84.4 Å². The third-order valence-corrected chi connectivity index (χ3v) is 8.17. The van der Waals surface area contributed by atoms with Crippen LogP contribution in [-0.4, -0.2) is 76.5 Å². The van der Waals surface area contributed by atoms with Gasteiger partial charge in [-0.3, -0.25) is 19.4 Å². The number of aryl methyl sites for hydroxylation is 2. The van der Waals surface area contributed by atoms with Gasteiger partial charge < -0.3 is 29.6 Å². The van der Waals surface area contributed by atoms with Crippen molar-refractivity contribution in [1.29, 1.82) is 0 Å². The van der Waals surface area contributed by atoms with Crippen molar-refractivity contribution in [2.75, 3.05) is 33.4 Å². The maximum absolute atomic E-state index is 14.3. The molecule has 2 aromatic heterocycles. The first-order chi connectivity index (χ1) is 22.8. The molecule has 0 saturated carbocycles. The van der Waals surface area contributed by atoms with Gasteiger partial charge in [0, 0.05) is 43.8 Å². The van der Waals surface area contributed by atoms with Crippen molar-refractivity contribution in [2.24, 2.45) is 5.92 Å². The number of benzene rings is 2. The SMILES string of the molecule is COc1ccc2cc1OCCCN(C(=O)c1c(-c3ccccc3)ccnc1C)CC(=O)N[C@H](C(C)C)C(=O)NCCCn1ccnc1-2. The molecule has 0 fully saturated rings. The summed E-state index contributed by atoms with van der Waals surface area (Å²) in [5.41, 5.74) is 3.45. The molecule has 0 aliphatic carbocycles. The topological polar surface area (TPSA) is 128 Å². The molecule has 2 N–H and O–H groups in total. The summed E-state index contributed by atoms with van der Waals surface area (Å²) in [4.78, 5) is 51.5. The lowest BCUT2D eigenvalue weighted by atomic mass is 9.98. The summed E-state index contributed by atoms with van der Waals surface area (Å²) in [6.07, 6.45) is 6.41. The number of carbonyl (C=O) groups excluding carboxylic acids is 3. The standard InChI is InChI=1S/C36H42N6O5/c1-24(2)33-35(44)39-15-8-18-41-20-17-38-34(41)27-12-13-29(46-4)30(22-27)47-21-9-19-42(23-31(43)40-33)36(45)32-25(3)37-16-14-28(32)26-10-6-5-7-11-26/h5-7,10-14,16-17,20,22,24,33H,8-9,15,18-19,21,23H2,1-4H3,(H,39,44)(H,40,43)/t33-/m1/s1. The molecule has 5 rings (SSSR count). The van der Waals surface area contributed by atoms with Crippen LogP contribution in [0.25, 0.3) is 22.5 Å². The van der Waals surface area contributed by atoms with E-state index < -0.39 is 11.9 Å². The van der Waals surface area contributed by atoms with E-state index in [1.54, 1.807) is 26.4 Å². The van der Waals surface area contributed by atoms with Crippen molar-refractivity contribution in [1.82, 2.24) is 30.1 Å². The normalized spacial score (nSPS) is 16.5. The van der Waals surface area contributed by atoms with Crippen molar-refractivity contribution in [2.45, 2.75) is 46.2 Å². The number of methoxy groups -OCH3 is 1. The molecule has 2 bridgehead atoms. The van der Waals surface area contributed by atoms with E-state index in [0.717, 1.165) is 22.5 Å². The highest BCUT2D eigenvalue weighted by molar-refractivity contribution is 6.03. The second-order valence-electron chi connectivity index (χ2n) is 11.9. The fourth-order valence-corrected chi connectivity index (χ4v) is 5.72. The first kappa shape index (κ1) is 33.2. The quantitative estimate of drug-likeness (QED) is 0.337. The second kappa shape index (κ2) is 15.4. The number of hydrogen-bond acceptors (Lipinski definition) is 7. The highest BCUT2D eigenvalue weighted by Gasteiger charge is 2.28. The van der Waals surface area contributed by atoms with E-state index in [-0.39, 0.29) is 37.4 Å². The Morgan fingerprint density at radius 2 is 1.81 bits per heavy atom. The molecular weight excluding hydrogens is 596 g/mol. The minimum Gasteiger partial charge on any atom is -0.493 e. The van der Waals surface area contributed by atoms with Gasteiger partial charge in [0.1, 0.15) is 11.9 Å². The van der Waals surface area contributed by atoms with Gasteiger partial charge in [0.25, 0.3) is 5.91 Å². The maximum atomic E-state index is 14.3. The molecule has 3 heterocycles. The number of rotatable bonds is 4. The van der Waals surface area contributed by atoms with Crippen LogP contribution in [0, 0.1) is 12.8 Å². The van der Waals surface area contributed by atoms with Crippen molar-refractivity contribution in [3.8, 4) is 34.0 Å². The predicted molar refractivity (Wildman–Crippen MR) is 179 cm³/mol. The fourth-order valence-electron chi connectivity index (χ4n) is 5.72. The molecule has 47 heavy (non-hydrogen) atoms. The van der Waals surface area contributed by atoms with E-state index in [1.165, 1.54) is 4.90 Å². The number of amides is 3. The number of imidazole rings is 1. The van der Waals surface area contributed by atoms with E-state index in [4.69, 9.17) is 9.47 Å². The van der Waals surface area contributed by atoms with Gasteiger partial charge >= 0.3 is 0 Å². The summed E-state index contributed by atoms with van der Waals surface area (Å²) in [6, 6.07) is 16.3. The van der Waals surface area contributed by atoms with Gasteiger partial charge in [-0.25, -0.2) is 4.98 Å². The van der Waals surface area contributed by atoms with E-state index in [9.17, 15) is 14.4 Å². The Balaban J connectivity index is 1.46. The summed E-state index contributed by atoms with van der Waals surface area (Å²) >= 11 is 0. The van der Waals surface area contributed by atoms with Crippen LogP contribution in [0.5, 0.6) is 11.5 Å². The Hall–Kier alpha value is -5.19. The number of ether oxygens (including phenoxy) is 2. The second-order valence-corrected chi connectivity index (χ2v) is 11.9. The van der Waals surface area contributed by atoms with Crippen LogP contribution in [-0.2, 0) is 16.1 Å². The molecule has 2 aromatic carbocycles. The first-order valence-corrected chi connectivity index (χ1v) is 16.0. The Labute approximate surface area is 275 Å². The Morgan fingerprint density at radius 3 is 2.57 bits per heavy atom. The predicted octanol–water partition coefficient (Wildman–Crippen LogP) is 4.50. The van der Waals surface area contributed by atoms with Crippen LogP contribution < -0.4 is 20.1 Å². The minimum atomic E-state index is -0.761. The number of pyridine rings is 1. The van der Waals surface area contributed by atoms with Crippen LogP contribution in [0.15, 0.2) is 73.2 Å². The van der Waals surface area contributed by atoms with Gasteiger partial charge in [-0.1, -0.05) is 44.2 Å². The lowest BCUT2D eigenvalue weighted by molar-refractivity contribution is -0.130. The molecule has 0 spiro atoms. The minimum absolute atomic E-state index is 0.169. The molecule has 0 radical (unpaired) electrons. The lowest BCUT2D eigenvalue weighted by Gasteiger charge is -2.27. The van der Waals surface area contributed by atoms with Gasteiger partial charge in [-0.15, -0.1) is 0 Å². The fraction of sp³-hybridized carbons (Fsp3) is 0.361. The molecule has 4 aromatic rings. The number of nitrogens with zero attached hydrogens (tertiary/aromatic N) is 4. The molecule has 1 aliphatic rings. The number of nitrogens with one attached hydrogen (secondary N) is 2. The van der Waals surface area contributed by atoms with Crippen LogP contribution >= 0.6 is 0 Å². The van der Waals surface area contributed by atoms with E-state index in [2.05, 4.69) is 20.6 Å². The molecular formula is C36H42N6O5. The Bertz CT molecular complexity index is 1700. The van der Waals surface area contributed by atoms with Gasteiger partial charge in [0.2, 0.25) is 11.8 Å². The van der Waals surface area contributed by atoms with Crippen molar-refractivity contribution >= 4 is 17.7 Å². The summed E-state index contributed by atoms with van der Waals surface area (Å²) in [5.74, 6) is 0.709. The van der Waals surface area contributed by atoms with E-state index in [1.807, 2.05) is 79.2 Å². The summed E-state index contributed by atoms with van der Waals surface area (Å²) < 4.78 is 13.8. The van der Waals surface area contributed by atoms with Gasteiger partial charge in [0.05, 0.1) is 31.5 Å². The zero-order valence-electron chi connectivity index (χ0n) is 27.4. The number of aromatic nitrogens is 3. The monoisotopic (exact) mass is 638 g/mol. The van der Waals surface area contributed by atoms with Crippen molar-refractivity contribution in [3.63, 3.8) is 0 Å².